The molecule has 0 spiro atoms. The van der Waals surface area contributed by atoms with Crippen molar-refractivity contribution in [2.24, 2.45) is 5.73 Å². The molecule has 0 amide bonds. The Hall–Kier alpha value is -2.46. The van der Waals surface area contributed by atoms with Crippen molar-refractivity contribution in [3.63, 3.8) is 0 Å². The zero-order valence-corrected chi connectivity index (χ0v) is 15.9. The monoisotopic (exact) mass is 359 g/mol. The molecule has 3 aromatic rings. The Balaban J connectivity index is 2.10. The van der Waals surface area contributed by atoms with Crippen LogP contribution < -0.4 is 5.73 Å². The molecule has 0 fully saturated rings. The van der Waals surface area contributed by atoms with Crippen molar-refractivity contribution in [3.8, 4) is 22.3 Å². The van der Waals surface area contributed by atoms with Crippen LogP contribution in [0.5, 0.6) is 0 Å². The van der Waals surface area contributed by atoms with E-state index in [2.05, 4.69) is 54.6 Å². The van der Waals surface area contributed by atoms with Crippen LogP contribution in [-0.2, 0) is 21.8 Å². The SMILES string of the molecule is CCOC1(OCC)c2ccccc2-c2cc(CN)cc(-c3ccccc3)c21. The molecular weight excluding hydrogens is 334 g/mol. The first kappa shape index (κ1) is 17.9. The molecule has 3 nitrogen and oxygen atoms in total. The van der Waals surface area contributed by atoms with Crippen LogP contribution in [0.2, 0.25) is 0 Å². The highest BCUT2D eigenvalue weighted by atomic mass is 16.7. The van der Waals surface area contributed by atoms with Gasteiger partial charge in [0.15, 0.2) is 0 Å². The molecule has 138 valence electrons. The molecule has 0 aliphatic heterocycles. The average Bonchev–Trinajstić information content (AvgIpc) is 2.99. The fourth-order valence-electron chi connectivity index (χ4n) is 4.12. The maximum atomic E-state index is 6.37. The molecule has 4 rings (SSSR count). The molecule has 0 saturated carbocycles. The maximum Gasteiger partial charge on any atom is 0.224 e. The van der Waals surface area contributed by atoms with Gasteiger partial charge >= 0.3 is 0 Å². The zero-order chi connectivity index (χ0) is 18.9. The molecule has 27 heavy (non-hydrogen) atoms. The maximum absolute atomic E-state index is 6.37. The second-order valence-corrected chi connectivity index (χ2v) is 6.66. The number of benzene rings is 3. The van der Waals surface area contributed by atoms with Gasteiger partial charge in [0.05, 0.1) is 0 Å². The van der Waals surface area contributed by atoms with Gasteiger partial charge in [-0.15, -0.1) is 0 Å². The zero-order valence-electron chi connectivity index (χ0n) is 15.9. The van der Waals surface area contributed by atoms with Crippen LogP contribution in [0.15, 0.2) is 66.7 Å². The molecule has 1 aliphatic carbocycles. The summed E-state index contributed by atoms with van der Waals surface area (Å²) in [5.74, 6) is -0.895. The van der Waals surface area contributed by atoms with Crippen LogP contribution in [0.3, 0.4) is 0 Å². The minimum atomic E-state index is -0.895. The smallest absolute Gasteiger partial charge is 0.224 e. The molecule has 3 heteroatoms. The highest BCUT2D eigenvalue weighted by molar-refractivity contribution is 5.87. The van der Waals surface area contributed by atoms with Crippen LogP contribution in [0.4, 0.5) is 0 Å². The van der Waals surface area contributed by atoms with E-state index in [0.717, 1.165) is 38.9 Å². The van der Waals surface area contributed by atoms with Gasteiger partial charge in [-0.3, -0.25) is 0 Å². The first-order chi connectivity index (χ1) is 13.2. The van der Waals surface area contributed by atoms with Crippen molar-refractivity contribution in [2.75, 3.05) is 13.2 Å². The molecular formula is C24H25NO2. The Bertz CT molecular complexity index is 944. The van der Waals surface area contributed by atoms with Crippen LogP contribution in [0.25, 0.3) is 22.3 Å². The Kier molecular flexibility index (Phi) is 4.83. The lowest BCUT2D eigenvalue weighted by molar-refractivity contribution is -0.209. The Morgan fingerprint density at radius 3 is 2.07 bits per heavy atom. The first-order valence-electron chi connectivity index (χ1n) is 9.55. The number of nitrogens with two attached hydrogens (primary N) is 1. The van der Waals surface area contributed by atoms with E-state index in [0.29, 0.717) is 19.8 Å². The van der Waals surface area contributed by atoms with Gasteiger partial charge in [0.2, 0.25) is 5.79 Å². The second kappa shape index (κ2) is 7.28. The van der Waals surface area contributed by atoms with Crippen LogP contribution >= 0.6 is 0 Å². The Labute approximate surface area is 160 Å². The van der Waals surface area contributed by atoms with Gasteiger partial charge in [-0.05, 0) is 53.8 Å². The summed E-state index contributed by atoms with van der Waals surface area (Å²) in [6.45, 7) is 5.63. The number of rotatable bonds is 6. The summed E-state index contributed by atoms with van der Waals surface area (Å²) >= 11 is 0. The minimum absolute atomic E-state index is 0.492. The quantitative estimate of drug-likeness (QED) is 0.625. The fourth-order valence-corrected chi connectivity index (χ4v) is 4.12. The van der Waals surface area contributed by atoms with Gasteiger partial charge in [0.1, 0.15) is 0 Å². The van der Waals surface area contributed by atoms with Crippen LogP contribution in [-0.4, -0.2) is 13.2 Å². The van der Waals surface area contributed by atoms with Gasteiger partial charge in [-0.25, -0.2) is 0 Å². The highest BCUT2D eigenvalue weighted by Gasteiger charge is 2.47. The molecule has 3 aromatic carbocycles. The van der Waals surface area contributed by atoms with Gasteiger partial charge in [-0.1, -0.05) is 54.6 Å². The lowest BCUT2D eigenvalue weighted by atomic mass is 9.90. The van der Waals surface area contributed by atoms with Crippen LogP contribution in [0.1, 0.15) is 30.5 Å². The minimum Gasteiger partial charge on any atom is -0.342 e. The number of ether oxygens (including phenoxy) is 2. The second-order valence-electron chi connectivity index (χ2n) is 6.66. The predicted octanol–water partition coefficient (Wildman–Crippen LogP) is 5.07. The molecule has 2 N–H and O–H groups in total. The summed E-state index contributed by atoms with van der Waals surface area (Å²) in [7, 11) is 0. The molecule has 0 unspecified atom stereocenters. The van der Waals surface area contributed by atoms with E-state index in [1.54, 1.807) is 0 Å². The summed E-state index contributed by atoms with van der Waals surface area (Å²) in [6.07, 6.45) is 0. The van der Waals surface area contributed by atoms with Crippen molar-refractivity contribution in [3.05, 3.63) is 83.4 Å². The normalized spacial score (nSPS) is 14.0. The average molecular weight is 359 g/mol. The highest BCUT2D eigenvalue weighted by Crippen LogP contribution is 2.54. The van der Waals surface area contributed by atoms with Crippen molar-refractivity contribution >= 4 is 0 Å². The Morgan fingerprint density at radius 1 is 0.778 bits per heavy atom. The topological polar surface area (TPSA) is 44.5 Å². The summed E-state index contributed by atoms with van der Waals surface area (Å²) in [6, 6.07) is 23.1. The summed E-state index contributed by atoms with van der Waals surface area (Å²) < 4.78 is 12.7. The molecule has 0 atom stereocenters. The van der Waals surface area contributed by atoms with Gasteiger partial charge in [-0.2, -0.15) is 0 Å². The molecule has 0 heterocycles. The third-order valence-electron chi connectivity index (χ3n) is 5.11. The lowest BCUT2D eigenvalue weighted by Crippen LogP contribution is -2.33. The fraction of sp³-hybridized carbons (Fsp3) is 0.250. The van der Waals surface area contributed by atoms with Crippen molar-refractivity contribution in [1.29, 1.82) is 0 Å². The molecule has 0 radical (unpaired) electrons. The van der Waals surface area contributed by atoms with Gasteiger partial charge < -0.3 is 15.2 Å². The summed E-state index contributed by atoms with van der Waals surface area (Å²) in [4.78, 5) is 0. The van der Waals surface area contributed by atoms with Gasteiger partial charge in [0, 0.05) is 30.9 Å². The predicted molar refractivity (Wildman–Crippen MR) is 109 cm³/mol. The van der Waals surface area contributed by atoms with E-state index in [-0.39, 0.29) is 0 Å². The van der Waals surface area contributed by atoms with Crippen molar-refractivity contribution in [1.82, 2.24) is 0 Å². The van der Waals surface area contributed by atoms with E-state index in [4.69, 9.17) is 15.2 Å². The molecule has 0 saturated heterocycles. The van der Waals surface area contributed by atoms with E-state index < -0.39 is 5.79 Å². The van der Waals surface area contributed by atoms with E-state index >= 15 is 0 Å². The molecule has 1 aliphatic rings. The van der Waals surface area contributed by atoms with Gasteiger partial charge in [0.25, 0.3) is 0 Å². The van der Waals surface area contributed by atoms with E-state index in [9.17, 15) is 0 Å². The standard InChI is InChI=1S/C24H25NO2/c1-3-26-24(27-4-2)22-13-9-8-12-19(22)21-15-17(16-25)14-20(23(21)24)18-10-6-5-7-11-18/h5-15H,3-4,16,25H2,1-2H3. The summed E-state index contributed by atoms with van der Waals surface area (Å²) in [5.41, 5.74) is 13.8. The van der Waals surface area contributed by atoms with E-state index in [1.165, 1.54) is 0 Å². The molecule has 0 bridgehead atoms. The number of fused-ring (bicyclic) bond motifs is 3. The van der Waals surface area contributed by atoms with E-state index in [1.807, 2.05) is 26.0 Å². The molecule has 0 aromatic heterocycles. The third-order valence-corrected chi connectivity index (χ3v) is 5.11. The first-order valence-corrected chi connectivity index (χ1v) is 9.55. The summed E-state index contributed by atoms with van der Waals surface area (Å²) in [5, 5.41) is 0. The van der Waals surface area contributed by atoms with Crippen LogP contribution in [0, 0.1) is 0 Å². The lowest BCUT2D eigenvalue weighted by Gasteiger charge is -2.33. The third kappa shape index (κ3) is 2.79. The van der Waals surface area contributed by atoms with Crippen molar-refractivity contribution in [2.45, 2.75) is 26.2 Å². The Morgan fingerprint density at radius 2 is 1.41 bits per heavy atom. The van der Waals surface area contributed by atoms with Crippen molar-refractivity contribution < 1.29 is 9.47 Å². The largest absolute Gasteiger partial charge is 0.342 e. The number of hydrogen-bond acceptors (Lipinski definition) is 3. The number of hydrogen-bond donors (Lipinski definition) is 1.